The first kappa shape index (κ1) is 24.5. The van der Waals surface area contributed by atoms with Gasteiger partial charge >= 0.3 is 17.9 Å². The molecule has 0 amide bonds. The minimum atomic E-state index is -1.80. The Morgan fingerprint density at radius 2 is 1.61 bits per heavy atom. The average molecular weight is 476 g/mol. The van der Waals surface area contributed by atoms with Crippen LogP contribution in [0.3, 0.4) is 0 Å². The van der Waals surface area contributed by atoms with Crippen LogP contribution in [0, 0.1) is 0 Å². The van der Waals surface area contributed by atoms with Crippen molar-refractivity contribution in [3.8, 4) is 17.0 Å². The fourth-order valence-corrected chi connectivity index (χ4v) is 4.87. The van der Waals surface area contributed by atoms with Crippen molar-refractivity contribution in [2.45, 2.75) is 44.0 Å². The van der Waals surface area contributed by atoms with E-state index < -0.39 is 41.2 Å². The molecule has 0 bridgehead atoms. The van der Waals surface area contributed by atoms with Gasteiger partial charge < -0.3 is 24.1 Å². The number of rotatable bonds is 6. The number of ether oxygens (including phenoxy) is 4. The Bertz CT molecular complexity index is 1010. The molecule has 1 aromatic carbocycles. The first-order valence-corrected chi connectivity index (χ1v) is 11.1. The van der Waals surface area contributed by atoms with Crippen molar-refractivity contribution in [1.82, 2.24) is 4.98 Å². The lowest BCUT2D eigenvalue weighted by Gasteiger charge is -2.45. The van der Waals surface area contributed by atoms with Gasteiger partial charge in [-0.2, -0.15) is 0 Å². The number of pyridine rings is 1. The minimum absolute atomic E-state index is 0.103. The SMILES string of the molecule is COc1ccc(-c2ccc([C@@]3(O)SC[C@@H](OC(C)=O)[C@H](OC(C)=O)[C@H]3OC(C)=O)cn2)cc1. The number of methoxy groups -OCH3 is 1. The predicted molar refractivity (Wildman–Crippen MR) is 119 cm³/mol. The molecule has 0 unspecified atom stereocenters. The van der Waals surface area contributed by atoms with E-state index in [1.807, 2.05) is 24.3 Å². The summed E-state index contributed by atoms with van der Waals surface area (Å²) in [5.41, 5.74) is 1.84. The van der Waals surface area contributed by atoms with Gasteiger partial charge in [0.15, 0.2) is 23.2 Å². The molecule has 1 N–H and O–H groups in total. The molecule has 2 aromatic rings. The third-order valence-electron chi connectivity index (χ3n) is 4.99. The molecule has 0 aliphatic carbocycles. The molecule has 0 saturated carbocycles. The van der Waals surface area contributed by atoms with E-state index in [9.17, 15) is 19.5 Å². The van der Waals surface area contributed by atoms with Crippen molar-refractivity contribution in [1.29, 1.82) is 0 Å². The van der Waals surface area contributed by atoms with E-state index in [2.05, 4.69) is 4.98 Å². The van der Waals surface area contributed by atoms with Crippen molar-refractivity contribution < 1.29 is 38.4 Å². The molecular formula is C23H25NO8S. The van der Waals surface area contributed by atoms with Crippen LogP contribution in [0.15, 0.2) is 42.6 Å². The second-order valence-electron chi connectivity index (χ2n) is 7.42. The first-order valence-electron chi connectivity index (χ1n) is 10.1. The Morgan fingerprint density at radius 1 is 0.970 bits per heavy atom. The van der Waals surface area contributed by atoms with Gasteiger partial charge in [0.05, 0.1) is 12.8 Å². The summed E-state index contributed by atoms with van der Waals surface area (Å²) < 4.78 is 21.2. The molecule has 1 aromatic heterocycles. The van der Waals surface area contributed by atoms with Crippen molar-refractivity contribution in [2.75, 3.05) is 12.9 Å². The highest BCUT2D eigenvalue weighted by atomic mass is 32.2. The van der Waals surface area contributed by atoms with Crippen molar-refractivity contribution in [3.05, 3.63) is 48.2 Å². The summed E-state index contributed by atoms with van der Waals surface area (Å²) in [5, 5.41) is 11.6. The number of aromatic nitrogens is 1. The van der Waals surface area contributed by atoms with Crippen molar-refractivity contribution >= 4 is 29.7 Å². The number of hydrogen-bond donors (Lipinski definition) is 1. The zero-order valence-corrected chi connectivity index (χ0v) is 19.5. The molecule has 2 heterocycles. The average Bonchev–Trinajstić information content (AvgIpc) is 2.77. The molecule has 33 heavy (non-hydrogen) atoms. The third-order valence-corrected chi connectivity index (χ3v) is 6.40. The van der Waals surface area contributed by atoms with E-state index in [0.29, 0.717) is 17.0 Å². The fraction of sp³-hybridized carbons (Fsp3) is 0.391. The highest BCUT2D eigenvalue weighted by Gasteiger charge is 2.55. The van der Waals surface area contributed by atoms with Gasteiger partial charge in [-0.05, 0) is 30.3 Å². The van der Waals surface area contributed by atoms with Crippen molar-refractivity contribution in [3.63, 3.8) is 0 Å². The topological polar surface area (TPSA) is 121 Å². The minimum Gasteiger partial charge on any atom is -0.497 e. The van der Waals surface area contributed by atoms with E-state index in [1.165, 1.54) is 27.0 Å². The molecule has 10 heteroatoms. The Morgan fingerprint density at radius 3 is 2.12 bits per heavy atom. The maximum Gasteiger partial charge on any atom is 0.303 e. The highest BCUT2D eigenvalue weighted by molar-refractivity contribution is 8.00. The van der Waals surface area contributed by atoms with Gasteiger partial charge in [-0.15, -0.1) is 11.8 Å². The Labute approximate surface area is 195 Å². The van der Waals surface area contributed by atoms with Gasteiger partial charge in [-0.1, -0.05) is 6.07 Å². The van der Waals surface area contributed by atoms with Crippen LogP contribution in [0.25, 0.3) is 11.3 Å². The molecular weight excluding hydrogens is 450 g/mol. The molecule has 0 spiro atoms. The van der Waals surface area contributed by atoms with Gasteiger partial charge in [-0.3, -0.25) is 19.4 Å². The van der Waals surface area contributed by atoms with E-state index in [1.54, 1.807) is 19.2 Å². The quantitative estimate of drug-likeness (QED) is 0.492. The second kappa shape index (κ2) is 10.2. The summed E-state index contributed by atoms with van der Waals surface area (Å²) in [5.74, 6) is -1.13. The Hall–Kier alpha value is -3.11. The van der Waals surface area contributed by atoms with E-state index in [0.717, 1.165) is 17.3 Å². The van der Waals surface area contributed by atoms with Crippen LogP contribution in [0.5, 0.6) is 5.75 Å². The molecule has 9 nitrogen and oxygen atoms in total. The number of carbonyl (C=O) groups excluding carboxylic acids is 3. The van der Waals surface area contributed by atoms with Gasteiger partial charge in [0.2, 0.25) is 0 Å². The van der Waals surface area contributed by atoms with Gasteiger partial charge in [0, 0.05) is 43.8 Å². The number of esters is 3. The zero-order valence-electron chi connectivity index (χ0n) is 18.6. The van der Waals surface area contributed by atoms with E-state index in [4.69, 9.17) is 18.9 Å². The summed E-state index contributed by atoms with van der Waals surface area (Å²) in [7, 11) is 1.58. The summed E-state index contributed by atoms with van der Waals surface area (Å²) in [6, 6.07) is 10.7. The van der Waals surface area contributed by atoms with Gasteiger partial charge in [0.25, 0.3) is 0 Å². The predicted octanol–water partition coefficient (Wildman–Crippen LogP) is 2.44. The molecule has 0 radical (unpaired) electrons. The number of benzene rings is 1. The lowest BCUT2D eigenvalue weighted by atomic mass is 9.96. The number of nitrogens with zero attached hydrogens (tertiary/aromatic N) is 1. The number of thioether (sulfide) groups is 1. The Kier molecular flexibility index (Phi) is 7.60. The lowest BCUT2D eigenvalue weighted by Crippen LogP contribution is -2.58. The number of carbonyl (C=O) groups is 3. The number of aliphatic hydroxyl groups is 1. The van der Waals surface area contributed by atoms with Crippen LogP contribution in [0.1, 0.15) is 26.3 Å². The Balaban J connectivity index is 1.96. The monoisotopic (exact) mass is 475 g/mol. The van der Waals surface area contributed by atoms with Crippen LogP contribution in [0.2, 0.25) is 0 Å². The summed E-state index contributed by atoms with van der Waals surface area (Å²) in [6.07, 6.45) is -1.98. The summed E-state index contributed by atoms with van der Waals surface area (Å²) >= 11 is 1.01. The molecule has 3 rings (SSSR count). The molecule has 1 aliphatic rings. The van der Waals surface area contributed by atoms with Crippen LogP contribution in [-0.2, 0) is 33.5 Å². The third kappa shape index (κ3) is 5.63. The largest absolute Gasteiger partial charge is 0.497 e. The molecule has 4 atom stereocenters. The van der Waals surface area contributed by atoms with E-state index >= 15 is 0 Å². The van der Waals surface area contributed by atoms with Crippen LogP contribution >= 0.6 is 11.8 Å². The molecule has 176 valence electrons. The number of hydrogen-bond acceptors (Lipinski definition) is 10. The smallest absolute Gasteiger partial charge is 0.303 e. The summed E-state index contributed by atoms with van der Waals surface area (Å²) in [4.78, 5) is 37.8. The standard InChI is InChI=1S/C23H25NO8S/c1-13(25)30-20-12-33-23(28,22(32-15(3)27)21(20)31-14(2)26)17-7-10-19(24-11-17)16-5-8-18(29-4)9-6-16/h5-11,20-22,28H,12H2,1-4H3/t20-,21+,22-,23-/m1/s1. The molecule has 1 aliphatic heterocycles. The highest BCUT2D eigenvalue weighted by Crippen LogP contribution is 2.46. The second-order valence-corrected chi connectivity index (χ2v) is 8.66. The zero-order chi connectivity index (χ0) is 24.2. The van der Waals surface area contributed by atoms with Crippen LogP contribution in [-0.4, -0.2) is 59.2 Å². The van der Waals surface area contributed by atoms with E-state index in [-0.39, 0.29) is 5.75 Å². The fourth-order valence-electron chi connectivity index (χ4n) is 3.56. The summed E-state index contributed by atoms with van der Waals surface area (Å²) in [6.45, 7) is 3.58. The maximum atomic E-state index is 11.9. The normalized spacial score (nSPS) is 24.5. The van der Waals surface area contributed by atoms with Gasteiger partial charge in [0.1, 0.15) is 5.75 Å². The first-order chi connectivity index (χ1) is 15.6. The lowest BCUT2D eigenvalue weighted by molar-refractivity contribution is -0.197. The molecule has 1 saturated heterocycles. The van der Waals surface area contributed by atoms with Crippen LogP contribution in [0.4, 0.5) is 0 Å². The maximum absolute atomic E-state index is 11.9. The van der Waals surface area contributed by atoms with Crippen molar-refractivity contribution in [2.24, 2.45) is 0 Å². The molecule has 1 fully saturated rings. The van der Waals surface area contributed by atoms with Gasteiger partial charge in [-0.25, -0.2) is 0 Å². The van der Waals surface area contributed by atoms with Crippen LogP contribution < -0.4 is 4.74 Å².